The first kappa shape index (κ1) is 20.4. The van der Waals surface area contributed by atoms with E-state index in [0.717, 1.165) is 60.6 Å². The van der Waals surface area contributed by atoms with Crippen molar-refractivity contribution in [2.24, 2.45) is 5.41 Å². The summed E-state index contributed by atoms with van der Waals surface area (Å²) in [6, 6.07) is 6.07. The SMILES string of the molecule is FC12CC(CNCc3ccc4nc(Cn5cc(-c6cncc(-n7cnnc7)c6)nn5)cn4c3)(C1)C2. The van der Waals surface area contributed by atoms with Crippen LogP contribution in [-0.2, 0) is 13.1 Å². The molecular formula is C24H23FN10. The first-order valence-corrected chi connectivity index (χ1v) is 11.6. The summed E-state index contributed by atoms with van der Waals surface area (Å²) in [5.74, 6) is 0. The largest absolute Gasteiger partial charge is 0.312 e. The van der Waals surface area contributed by atoms with E-state index in [9.17, 15) is 4.39 Å². The lowest BCUT2D eigenvalue weighted by atomic mass is 9.42. The number of halogens is 1. The van der Waals surface area contributed by atoms with E-state index in [1.807, 2.05) is 28.9 Å². The van der Waals surface area contributed by atoms with E-state index < -0.39 is 5.67 Å². The molecule has 0 radical (unpaired) electrons. The van der Waals surface area contributed by atoms with Gasteiger partial charge in [0.15, 0.2) is 0 Å². The zero-order chi connectivity index (χ0) is 23.5. The zero-order valence-corrected chi connectivity index (χ0v) is 18.9. The van der Waals surface area contributed by atoms with E-state index in [2.05, 4.69) is 43.1 Å². The van der Waals surface area contributed by atoms with E-state index in [0.29, 0.717) is 6.54 Å². The lowest BCUT2D eigenvalue weighted by Gasteiger charge is -2.66. The second-order valence-corrected chi connectivity index (χ2v) is 9.92. The Bertz CT molecular complexity index is 1500. The summed E-state index contributed by atoms with van der Waals surface area (Å²) < 4.78 is 19.3. The van der Waals surface area contributed by atoms with E-state index in [-0.39, 0.29) is 5.41 Å². The Morgan fingerprint density at radius 2 is 1.89 bits per heavy atom. The molecule has 11 heteroatoms. The summed E-state index contributed by atoms with van der Waals surface area (Å²) in [6.45, 7) is 2.16. The summed E-state index contributed by atoms with van der Waals surface area (Å²) in [7, 11) is 0. The van der Waals surface area contributed by atoms with Gasteiger partial charge < -0.3 is 9.72 Å². The highest BCUT2D eigenvalue weighted by Crippen LogP contribution is 2.69. The normalized spacial score (nSPS) is 22.8. The van der Waals surface area contributed by atoms with Gasteiger partial charge in [-0.25, -0.2) is 14.1 Å². The van der Waals surface area contributed by atoms with Crippen LogP contribution in [0.1, 0.15) is 30.5 Å². The zero-order valence-electron chi connectivity index (χ0n) is 18.9. The number of aromatic nitrogens is 9. The predicted molar refractivity (Wildman–Crippen MR) is 124 cm³/mol. The van der Waals surface area contributed by atoms with Gasteiger partial charge in [0.25, 0.3) is 0 Å². The van der Waals surface area contributed by atoms with Crippen molar-refractivity contribution in [3.05, 3.63) is 73.1 Å². The Labute approximate surface area is 199 Å². The van der Waals surface area contributed by atoms with E-state index in [1.165, 1.54) is 5.56 Å². The summed E-state index contributed by atoms with van der Waals surface area (Å²) in [4.78, 5) is 9.02. The molecule has 0 spiro atoms. The van der Waals surface area contributed by atoms with E-state index >= 15 is 0 Å². The Morgan fingerprint density at radius 1 is 1.03 bits per heavy atom. The second kappa shape index (κ2) is 7.51. The van der Waals surface area contributed by atoms with Crippen LogP contribution < -0.4 is 5.32 Å². The van der Waals surface area contributed by atoms with Gasteiger partial charge in [-0.2, -0.15) is 0 Å². The fourth-order valence-electron chi connectivity index (χ4n) is 5.51. The molecule has 5 heterocycles. The van der Waals surface area contributed by atoms with Crippen LogP contribution >= 0.6 is 0 Å². The lowest BCUT2D eigenvalue weighted by molar-refractivity contribution is -0.209. The van der Waals surface area contributed by atoms with Crippen molar-refractivity contribution < 1.29 is 4.39 Å². The van der Waals surface area contributed by atoms with Crippen molar-refractivity contribution in [2.75, 3.05) is 6.54 Å². The van der Waals surface area contributed by atoms with Gasteiger partial charge in [-0.15, -0.1) is 15.3 Å². The number of imidazole rings is 1. The number of hydrogen-bond donors (Lipinski definition) is 1. The van der Waals surface area contributed by atoms with Gasteiger partial charge in [0, 0.05) is 37.2 Å². The molecule has 5 aromatic rings. The van der Waals surface area contributed by atoms with E-state index in [1.54, 1.807) is 34.3 Å². The van der Waals surface area contributed by atoms with Crippen LogP contribution in [0.5, 0.6) is 0 Å². The van der Waals surface area contributed by atoms with Crippen LogP contribution in [0, 0.1) is 5.41 Å². The molecule has 3 aliphatic rings. The number of nitrogens with zero attached hydrogens (tertiary/aromatic N) is 9. The van der Waals surface area contributed by atoms with Crippen molar-refractivity contribution in [1.29, 1.82) is 0 Å². The number of hydrogen-bond acceptors (Lipinski definition) is 7. The topological polar surface area (TPSA) is 104 Å². The van der Waals surface area contributed by atoms with E-state index in [4.69, 9.17) is 4.98 Å². The summed E-state index contributed by atoms with van der Waals surface area (Å²) in [5, 5.41) is 19.8. The third kappa shape index (κ3) is 3.68. The maximum atomic E-state index is 13.7. The molecule has 10 nitrogen and oxygen atoms in total. The van der Waals surface area contributed by atoms with Crippen molar-refractivity contribution in [3.63, 3.8) is 0 Å². The standard InChI is InChI=1S/C24H23FN10/c25-24-11-23(12-24,13-24)14-27-4-17-1-2-22-30-19(8-33(22)7-17)9-35-10-21(31-32-35)18-3-20(6-26-5-18)34-15-28-29-16-34/h1-3,5-8,10,15-16,27H,4,9,11-14H2. The van der Waals surface area contributed by atoms with Gasteiger partial charge in [0.2, 0.25) is 0 Å². The first-order valence-electron chi connectivity index (χ1n) is 11.6. The summed E-state index contributed by atoms with van der Waals surface area (Å²) in [5.41, 5.74) is 4.76. The van der Waals surface area contributed by atoms with Gasteiger partial charge in [-0.1, -0.05) is 11.3 Å². The fraction of sp³-hybridized carbons (Fsp3) is 0.333. The molecule has 3 fully saturated rings. The molecule has 35 heavy (non-hydrogen) atoms. The highest BCUT2D eigenvalue weighted by molar-refractivity contribution is 5.59. The monoisotopic (exact) mass is 470 g/mol. The molecule has 0 amide bonds. The molecule has 1 N–H and O–H groups in total. The maximum absolute atomic E-state index is 13.7. The summed E-state index contributed by atoms with van der Waals surface area (Å²) >= 11 is 0. The van der Waals surface area contributed by atoms with Crippen molar-refractivity contribution >= 4 is 5.65 Å². The predicted octanol–water partition coefficient (Wildman–Crippen LogP) is 2.60. The molecular weight excluding hydrogens is 447 g/mol. The minimum Gasteiger partial charge on any atom is -0.312 e. The van der Waals surface area contributed by atoms with Gasteiger partial charge >= 0.3 is 0 Å². The smallest absolute Gasteiger partial charge is 0.137 e. The number of nitrogens with one attached hydrogen (secondary N) is 1. The number of fused-ring (bicyclic) bond motifs is 1. The Hall–Kier alpha value is -3.99. The molecule has 2 bridgehead atoms. The lowest BCUT2D eigenvalue weighted by Crippen LogP contribution is -2.67. The van der Waals surface area contributed by atoms with Crippen molar-refractivity contribution in [2.45, 2.75) is 38.0 Å². The van der Waals surface area contributed by atoms with Crippen LogP contribution in [-0.4, -0.2) is 56.3 Å². The molecule has 0 atom stereocenters. The molecule has 3 aliphatic carbocycles. The highest BCUT2D eigenvalue weighted by atomic mass is 19.1. The van der Waals surface area contributed by atoms with Crippen LogP contribution in [0.2, 0.25) is 0 Å². The fourth-order valence-corrected chi connectivity index (χ4v) is 5.51. The molecule has 5 aromatic heterocycles. The number of rotatable bonds is 8. The highest BCUT2D eigenvalue weighted by Gasteiger charge is 2.68. The van der Waals surface area contributed by atoms with Crippen molar-refractivity contribution in [3.8, 4) is 16.9 Å². The van der Waals surface area contributed by atoms with Gasteiger partial charge in [-0.3, -0.25) is 9.55 Å². The van der Waals surface area contributed by atoms with Crippen LogP contribution in [0.3, 0.4) is 0 Å². The maximum Gasteiger partial charge on any atom is 0.137 e. The first-order chi connectivity index (χ1) is 17.0. The molecule has 176 valence electrons. The Balaban J connectivity index is 1.02. The second-order valence-electron chi connectivity index (χ2n) is 9.92. The number of pyridine rings is 2. The molecule has 8 rings (SSSR count). The van der Waals surface area contributed by atoms with Gasteiger partial charge in [0.1, 0.15) is 29.7 Å². The van der Waals surface area contributed by atoms with Crippen LogP contribution in [0.25, 0.3) is 22.6 Å². The quantitative estimate of drug-likeness (QED) is 0.372. The number of alkyl halides is 1. The molecule has 3 saturated carbocycles. The minimum absolute atomic E-state index is 0.214. The molecule has 0 saturated heterocycles. The van der Waals surface area contributed by atoms with Crippen LogP contribution in [0.15, 0.2) is 61.8 Å². The Kier molecular flexibility index (Phi) is 4.37. The Morgan fingerprint density at radius 3 is 2.71 bits per heavy atom. The average molecular weight is 471 g/mol. The van der Waals surface area contributed by atoms with Gasteiger partial charge in [0.05, 0.1) is 30.3 Å². The average Bonchev–Trinajstić information content (AvgIpc) is 3.58. The molecule has 0 aromatic carbocycles. The van der Waals surface area contributed by atoms with Crippen LogP contribution in [0.4, 0.5) is 4.39 Å². The third-order valence-corrected chi connectivity index (χ3v) is 7.07. The molecule has 0 unspecified atom stereocenters. The van der Waals surface area contributed by atoms with Gasteiger partial charge in [-0.05, 0) is 42.4 Å². The molecule has 0 aliphatic heterocycles. The minimum atomic E-state index is -0.836. The summed E-state index contributed by atoms with van der Waals surface area (Å²) in [6.07, 6.45) is 14.9. The van der Waals surface area contributed by atoms with Crippen molar-refractivity contribution in [1.82, 2.24) is 49.4 Å². The third-order valence-electron chi connectivity index (χ3n) is 7.07.